The fourth-order valence-corrected chi connectivity index (χ4v) is 3.63. The summed E-state index contributed by atoms with van der Waals surface area (Å²) in [7, 11) is 5.66. The molecule has 8 heteroatoms. The average Bonchev–Trinajstić information content (AvgIpc) is 2.78. The molecule has 0 saturated heterocycles. The second kappa shape index (κ2) is 11.3. The van der Waals surface area contributed by atoms with Crippen LogP contribution in [0.5, 0.6) is 0 Å². The number of rotatable bonds is 8. The van der Waals surface area contributed by atoms with Gasteiger partial charge in [-0.1, -0.05) is 30.3 Å². The molecule has 2 aromatic rings. The largest absolute Gasteiger partial charge is 0.356 e. The van der Waals surface area contributed by atoms with Crippen LogP contribution in [-0.4, -0.2) is 63.5 Å². The lowest BCUT2D eigenvalue weighted by Crippen LogP contribution is -2.40. The summed E-state index contributed by atoms with van der Waals surface area (Å²) in [4.78, 5) is 30.7. The van der Waals surface area contributed by atoms with Gasteiger partial charge in [0.1, 0.15) is 0 Å². The SMILES string of the molecule is CN=C(NCc1cccc(C(=O)NCCN(C)C)c1)NCC1CC(=O)Nc2ccccc21. The molecule has 0 bridgehead atoms. The van der Waals surface area contributed by atoms with Crippen LogP contribution in [0.1, 0.15) is 33.8 Å². The van der Waals surface area contributed by atoms with Crippen molar-refractivity contribution in [3.63, 3.8) is 0 Å². The van der Waals surface area contributed by atoms with Gasteiger partial charge in [0.05, 0.1) is 0 Å². The number of benzene rings is 2. The summed E-state index contributed by atoms with van der Waals surface area (Å²) in [6, 6.07) is 15.4. The highest BCUT2D eigenvalue weighted by atomic mass is 16.2. The zero-order chi connectivity index (χ0) is 22.9. The van der Waals surface area contributed by atoms with Gasteiger partial charge in [0.2, 0.25) is 5.91 Å². The lowest BCUT2D eigenvalue weighted by atomic mass is 9.90. The molecule has 8 nitrogen and oxygen atoms in total. The predicted molar refractivity (Wildman–Crippen MR) is 128 cm³/mol. The third-order valence-electron chi connectivity index (χ3n) is 5.34. The van der Waals surface area contributed by atoms with E-state index in [1.807, 2.05) is 67.5 Å². The topological polar surface area (TPSA) is 97.9 Å². The smallest absolute Gasteiger partial charge is 0.251 e. The number of aliphatic imine (C=N–C) groups is 1. The van der Waals surface area contributed by atoms with Crippen molar-refractivity contribution in [2.45, 2.75) is 18.9 Å². The van der Waals surface area contributed by atoms with E-state index in [1.54, 1.807) is 7.05 Å². The van der Waals surface area contributed by atoms with E-state index >= 15 is 0 Å². The summed E-state index contributed by atoms with van der Waals surface area (Å²) in [5, 5.41) is 12.5. The number of hydrogen-bond donors (Lipinski definition) is 4. The Kier molecular flexibility index (Phi) is 8.21. The van der Waals surface area contributed by atoms with Gasteiger partial charge in [0.15, 0.2) is 5.96 Å². The van der Waals surface area contributed by atoms with Crippen molar-refractivity contribution in [2.75, 3.05) is 46.1 Å². The first kappa shape index (κ1) is 23.3. The summed E-state index contributed by atoms with van der Waals surface area (Å²) in [5.74, 6) is 0.673. The van der Waals surface area contributed by atoms with Crippen LogP contribution in [0.3, 0.4) is 0 Å². The normalized spacial score (nSPS) is 15.7. The molecule has 0 aliphatic carbocycles. The zero-order valence-corrected chi connectivity index (χ0v) is 18.9. The highest BCUT2D eigenvalue weighted by molar-refractivity contribution is 5.95. The highest BCUT2D eigenvalue weighted by Gasteiger charge is 2.24. The molecule has 1 aliphatic heterocycles. The van der Waals surface area contributed by atoms with E-state index in [9.17, 15) is 9.59 Å². The predicted octanol–water partition coefficient (Wildman–Crippen LogP) is 1.77. The molecule has 1 heterocycles. The Balaban J connectivity index is 1.53. The third kappa shape index (κ3) is 6.55. The summed E-state index contributed by atoms with van der Waals surface area (Å²) in [6.07, 6.45) is 0.436. The molecule has 4 N–H and O–H groups in total. The second-order valence-corrected chi connectivity index (χ2v) is 8.10. The molecular formula is C24H32N6O2. The Labute approximate surface area is 189 Å². The average molecular weight is 437 g/mol. The number of hydrogen-bond acceptors (Lipinski definition) is 4. The van der Waals surface area contributed by atoms with E-state index < -0.39 is 0 Å². The molecule has 0 aromatic heterocycles. The van der Waals surface area contributed by atoms with Gasteiger partial charge in [0, 0.05) is 56.8 Å². The Morgan fingerprint density at radius 2 is 1.94 bits per heavy atom. The van der Waals surface area contributed by atoms with Gasteiger partial charge in [-0.2, -0.15) is 0 Å². The zero-order valence-electron chi connectivity index (χ0n) is 18.9. The first-order valence-corrected chi connectivity index (χ1v) is 10.8. The van der Waals surface area contributed by atoms with E-state index in [-0.39, 0.29) is 17.7 Å². The van der Waals surface area contributed by atoms with Crippen molar-refractivity contribution in [1.82, 2.24) is 20.9 Å². The molecular weight excluding hydrogens is 404 g/mol. The number of guanidine groups is 1. The maximum atomic E-state index is 12.4. The van der Waals surface area contributed by atoms with Crippen LogP contribution in [0.25, 0.3) is 0 Å². The Hall–Kier alpha value is -3.39. The van der Waals surface area contributed by atoms with Crippen molar-refractivity contribution in [2.24, 2.45) is 4.99 Å². The fourth-order valence-electron chi connectivity index (χ4n) is 3.63. The van der Waals surface area contributed by atoms with E-state index in [0.29, 0.717) is 37.6 Å². The van der Waals surface area contributed by atoms with Gasteiger partial charge in [-0.15, -0.1) is 0 Å². The Morgan fingerprint density at radius 3 is 2.72 bits per heavy atom. The van der Waals surface area contributed by atoms with Gasteiger partial charge in [-0.25, -0.2) is 0 Å². The first-order chi connectivity index (χ1) is 15.5. The number of nitrogens with zero attached hydrogens (tertiary/aromatic N) is 2. The van der Waals surface area contributed by atoms with Crippen LogP contribution < -0.4 is 21.3 Å². The molecule has 0 saturated carbocycles. The molecule has 2 aromatic carbocycles. The lowest BCUT2D eigenvalue weighted by molar-refractivity contribution is -0.116. The number of anilines is 1. The first-order valence-electron chi connectivity index (χ1n) is 10.8. The Morgan fingerprint density at radius 1 is 1.12 bits per heavy atom. The lowest BCUT2D eigenvalue weighted by Gasteiger charge is -2.26. The van der Waals surface area contributed by atoms with Crippen LogP contribution in [-0.2, 0) is 11.3 Å². The molecule has 0 radical (unpaired) electrons. The van der Waals surface area contributed by atoms with Gasteiger partial charge in [-0.05, 0) is 43.4 Å². The van der Waals surface area contributed by atoms with Crippen molar-refractivity contribution < 1.29 is 9.59 Å². The molecule has 0 fully saturated rings. The Bertz CT molecular complexity index is 972. The van der Waals surface area contributed by atoms with Gasteiger partial charge >= 0.3 is 0 Å². The van der Waals surface area contributed by atoms with E-state index in [0.717, 1.165) is 23.4 Å². The van der Waals surface area contributed by atoms with Crippen LogP contribution in [0, 0.1) is 0 Å². The van der Waals surface area contributed by atoms with Crippen LogP contribution >= 0.6 is 0 Å². The number of para-hydroxylation sites is 1. The number of likely N-dealkylation sites (N-methyl/N-ethyl adjacent to an activating group) is 1. The number of carbonyl (C=O) groups excluding carboxylic acids is 2. The number of nitrogens with one attached hydrogen (secondary N) is 4. The van der Waals surface area contributed by atoms with Gasteiger partial charge in [0.25, 0.3) is 5.91 Å². The van der Waals surface area contributed by atoms with Gasteiger partial charge in [-0.3, -0.25) is 14.6 Å². The maximum Gasteiger partial charge on any atom is 0.251 e. The minimum atomic E-state index is -0.0783. The molecule has 32 heavy (non-hydrogen) atoms. The van der Waals surface area contributed by atoms with E-state index in [2.05, 4.69) is 26.3 Å². The quantitative estimate of drug-likeness (QED) is 0.374. The van der Waals surface area contributed by atoms with Crippen molar-refractivity contribution >= 4 is 23.5 Å². The number of amides is 2. The molecule has 170 valence electrons. The molecule has 1 atom stereocenters. The van der Waals surface area contributed by atoms with Crippen molar-refractivity contribution in [3.8, 4) is 0 Å². The summed E-state index contributed by atoms with van der Waals surface area (Å²) < 4.78 is 0. The fraction of sp³-hybridized carbons (Fsp3) is 0.375. The summed E-state index contributed by atoms with van der Waals surface area (Å²) in [6.45, 7) is 2.52. The number of fused-ring (bicyclic) bond motifs is 1. The van der Waals surface area contributed by atoms with E-state index in [1.165, 1.54) is 0 Å². The van der Waals surface area contributed by atoms with E-state index in [4.69, 9.17) is 0 Å². The monoisotopic (exact) mass is 436 g/mol. The van der Waals surface area contributed by atoms with Crippen molar-refractivity contribution in [3.05, 3.63) is 65.2 Å². The molecule has 0 spiro atoms. The minimum Gasteiger partial charge on any atom is -0.356 e. The number of carbonyl (C=O) groups is 2. The highest BCUT2D eigenvalue weighted by Crippen LogP contribution is 2.31. The third-order valence-corrected chi connectivity index (χ3v) is 5.34. The van der Waals surface area contributed by atoms with Gasteiger partial charge < -0.3 is 26.2 Å². The molecule has 1 unspecified atom stereocenters. The second-order valence-electron chi connectivity index (χ2n) is 8.10. The maximum absolute atomic E-state index is 12.4. The molecule has 3 rings (SSSR count). The molecule has 1 aliphatic rings. The molecule has 2 amide bonds. The minimum absolute atomic E-state index is 0.0270. The summed E-state index contributed by atoms with van der Waals surface area (Å²) >= 11 is 0. The van der Waals surface area contributed by atoms with Crippen molar-refractivity contribution in [1.29, 1.82) is 0 Å². The van der Waals surface area contributed by atoms with Crippen LogP contribution in [0.4, 0.5) is 5.69 Å². The van der Waals surface area contributed by atoms with Crippen LogP contribution in [0.15, 0.2) is 53.5 Å². The standard InChI is InChI=1S/C24H32N6O2/c1-25-24(28-16-19-14-22(31)29-21-10-5-4-9-20(19)21)27-15-17-7-6-8-18(13-17)23(32)26-11-12-30(2)3/h4-10,13,19H,11-12,14-16H2,1-3H3,(H,26,32)(H,29,31)(H2,25,27,28). The summed E-state index contributed by atoms with van der Waals surface area (Å²) in [5.41, 5.74) is 3.62. The van der Waals surface area contributed by atoms with Crippen LogP contribution in [0.2, 0.25) is 0 Å².